The van der Waals surface area contributed by atoms with Crippen LogP contribution >= 0.6 is 24.0 Å². The third-order valence-electron chi connectivity index (χ3n) is 3.99. The molecule has 0 aliphatic heterocycles. The Balaban J connectivity index is 0.00000288. The summed E-state index contributed by atoms with van der Waals surface area (Å²) in [5.41, 5.74) is 1.01. The zero-order valence-electron chi connectivity index (χ0n) is 14.6. The lowest BCUT2D eigenvalue weighted by Crippen LogP contribution is -2.43. The molecule has 7 heteroatoms. The van der Waals surface area contributed by atoms with Gasteiger partial charge in [-0.15, -0.1) is 24.0 Å². The highest BCUT2D eigenvalue weighted by Crippen LogP contribution is 2.17. The molecule has 136 valence electrons. The summed E-state index contributed by atoms with van der Waals surface area (Å²) in [7, 11) is 3.46. The van der Waals surface area contributed by atoms with E-state index in [-0.39, 0.29) is 24.0 Å². The molecule has 24 heavy (non-hydrogen) atoms. The lowest BCUT2D eigenvalue weighted by molar-refractivity contribution is 0.143. The molecule has 1 aliphatic rings. The number of halogens is 1. The van der Waals surface area contributed by atoms with E-state index in [1.165, 1.54) is 32.1 Å². The van der Waals surface area contributed by atoms with E-state index in [1.807, 2.05) is 12.1 Å². The number of nitrogens with one attached hydrogen (secondary N) is 2. The molecule has 0 bridgehead atoms. The molecule has 0 spiro atoms. The van der Waals surface area contributed by atoms with Gasteiger partial charge in [0, 0.05) is 38.5 Å². The van der Waals surface area contributed by atoms with Crippen LogP contribution in [0.3, 0.4) is 0 Å². The van der Waals surface area contributed by atoms with Gasteiger partial charge in [-0.3, -0.25) is 4.99 Å². The molecule has 0 atom stereocenters. The van der Waals surface area contributed by atoms with Crippen LogP contribution in [0, 0.1) is 0 Å². The Labute approximate surface area is 161 Å². The Morgan fingerprint density at radius 2 is 2.08 bits per heavy atom. The molecule has 1 saturated carbocycles. The van der Waals surface area contributed by atoms with Crippen LogP contribution < -0.4 is 15.4 Å². The molecular formula is C17H29IN4O2. The number of methoxy groups -OCH3 is 1. The Kier molecular flexibility index (Phi) is 10.7. The van der Waals surface area contributed by atoms with Crippen molar-refractivity contribution in [3.05, 3.63) is 23.9 Å². The largest absolute Gasteiger partial charge is 0.475 e. The fraction of sp³-hybridized carbons (Fsp3) is 0.647. The maximum Gasteiger partial charge on any atom is 0.218 e. The van der Waals surface area contributed by atoms with Crippen molar-refractivity contribution < 1.29 is 9.47 Å². The molecule has 1 aromatic rings. The monoisotopic (exact) mass is 448 g/mol. The van der Waals surface area contributed by atoms with E-state index in [0.717, 1.165) is 11.5 Å². The maximum absolute atomic E-state index is 5.66. The van der Waals surface area contributed by atoms with E-state index >= 15 is 0 Å². The summed E-state index contributed by atoms with van der Waals surface area (Å²) in [6.07, 6.45) is 8.13. The molecule has 2 N–H and O–H groups in total. The van der Waals surface area contributed by atoms with Crippen LogP contribution in [0.15, 0.2) is 23.3 Å². The molecule has 0 saturated heterocycles. The van der Waals surface area contributed by atoms with Crippen LogP contribution in [-0.4, -0.2) is 44.4 Å². The Morgan fingerprint density at radius 3 is 2.79 bits per heavy atom. The Hall–Kier alpha value is -1.09. The molecule has 6 nitrogen and oxygen atoms in total. The normalized spacial score (nSPS) is 15.5. The molecular weight excluding hydrogens is 419 g/mol. The van der Waals surface area contributed by atoms with Crippen LogP contribution in [0.25, 0.3) is 0 Å². The predicted octanol–water partition coefficient (Wildman–Crippen LogP) is 2.72. The summed E-state index contributed by atoms with van der Waals surface area (Å²) >= 11 is 0. The second-order valence-corrected chi connectivity index (χ2v) is 5.71. The average Bonchev–Trinajstić information content (AvgIpc) is 2.60. The maximum atomic E-state index is 5.66. The minimum absolute atomic E-state index is 0. The quantitative estimate of drug-likeness (QED) is 0.291. The van der Waals surface area contributed by atoms with Crippen molar-refractivity contribution in [2.24, 2.45) is 4.99 Å². The van der Waals surface area contributed by atoms with E-state index in [4.69, 9.17) is 9.47 Å². The number of hydrogen-bond donors (Lipinski definition) is 2. The van der Waals surface area contributed by atoms with E-state index in [1.54, 1.807) is 20.4 Å². The predicted molar refractivity (Wildman–Crippen MR) is 107 cm³/mol. The minimum atomic E-state index is 0. The van der Waals surface area contributed by atoms with Gasteiger partial charge < -0.3 is 20.1 Å². The first-order chi connectivity index (χ1) is 11.3. The summed E-state index contributed by atoms with van der Waals surface area (Å²) in [5, 5.41) is 6.86. The standard InChI is InChI=1S/C17H28N4O2.HI/c1-18-17(21-15-8-4-3-5-9-15)20-13-14-7-6-10-19-16(14)23-12-11-22-2;/h6-7,10,15H,3-5,8-9,11-13H2,1-2H3,(H2,18,20,21);1H. The van der Waals surface area contributed by atoms with Gasteiger partial charge in [-0.2, -0.15) is 0 Å². The highest BCUT2D eigenvalue weighted by molar-refractivity contribution is 14.0. The minimum Gasteiger partial charge on any atom is -0.475 e. The van der Waals surface area contributed by atoms with Gasteiger partial charge in [0.05, 0.1) is 6.61 Å². The second kappa shape index (κ2) is 12.3. The van der Waals surface area contributed by atoms with Gasteiger partial charge in [-0.1, -0.05) is 25.3 Å². The first-order valence-electron chi connectivity index (χ1n) is 8.36. The smallest absolute Gasteiger partial charge is 0.218 e. The van der Waals surface area contributed by atoms with Gasteiger partial charge in [0.1, 0.15) is 6.61 Å². The number of aromatic nitrogens is 1. The zero-order chi connectivity index (χ0) is 16.3. The number of hydrogen-bond acceptors (Lipinski definition) is 4. The SMILES string of the molecule is CN=C(NCc1cccnc1OCCOC)NC1CCCCC1.I. The van der Waals surface area contributed by atoms with Gasteiger partial charge in [-0.05, 0) is 18.9 Å². The molecule has 0 amide bonds. The van der Waals surface area contributed by atoms with E-state index in [9.17, 15) is 0 Å². The molecule has 1 fully saturated rings. The molecule has 0 unspecified atom stereocenters. The topological polar surface area (TPSA) is 67.8 Å². The van der Waals surface area contributed by atoms with Crippen molar-refractivity contribution in [2.75, 3.05) is 27.4 Å². The van der Waals surface area contributed by atoms with Crippen LogP contribution in [0.2, 0.25) is 0 Å². The number of pyridine rings is 1. The third kappa shape index (κ3) is 7.21. The number of ether oxygens (including phenoxy) is 2. The van der Waals surface area contributed by atoms with E-state index in [0.29, 0.717) is 31.7 Å². The fourth-order valence-electron chi connectivity index (χ4n) is 2.72. The lowest BCUT2D eigenvalue weighted by atomic mass is 9.96. The second-order valence-electron chi connectivity index (χ2n) is 5.71. The molecule has 0 aromatic carbocycles. The number of nitrogens with zero attached hydrogens (tertiary/aromatic N) is 2. The Bertz CT molecular complexity index is 493. The van der Waals surface area contributed by atoms with Crippen molar-refractivity contribution in [1.29, 1.82) is 0 Å². The summed E-state index contributed by atoms with van der Waals surface area (Å²) in [5.74, 6) is 1.48. The van der Waals surface area contributed by atoms with E-state index < -0.39 is 0 Å². The van der Waals surface area contributed by atoms with Crippen molar-refractivity contribution in [2.45, 2.75) is 44.7 Å². The third-order valence-corrected chi connectivity index (χ3v) is 3.99. The first-order valence-corrected chi connectivity index (χ1v) is 8.36. The number of guanidine groups is 1. The van der Waals surface area contributed by atoms with Crippen LogP contribution in [0.5, 0.6) is 5.88 Å². The number of aliphatic imine (C=N–C) groups is 1. The summed E-state index contributed by atoms with van der Waals surface area (Å²) in [6, 6.07) is 4.45. The highest BCUT2D eigenvalue weighted by atomic mass is 127. The first kappa shape index (κ1) is 21.0. The molecule has 1 aliphatic carbocycles. The van der Waals surface area contributed by atoms with Crippen LogP contribution in [0.1, 0.15) is 37.7 Å². The Morgan fingerprint density at radius 1 is 1.29 bits per heavy atom. The van der Waals surface area contributed by atoms with Crippen molar-refractivity contribution in [3.63, 3.8) is 0 Å². The average molecular weight is 448 g/mol. The summed E-state index contributed by atoms with van der Waals surface area (Å²) in [6.45, 7) is 1.67. The van der Waals surface area contributed by atoms with Crippen LogP contribution in [-0.2, 0) is 11.3 Å². The molecule has 2 rings (SSSR count). The zero-order valence-corrected chi connectivity index (χ0v) is 16.9. The molecule has 1 heterocycles. The van der Waals surface area contributed by atoms with E-state index in [2.05, 4.69) is 20.6 Å². The van der Waals surface area contributed by atoms with Gasteiger partial charge in [-0.25, -0.2) is 4.98 Å². The van der Waals surface area contributed by atoms with Crippen molar-refractivity contribution in [1.82, 2.24) is 15.6 Å². The fourth-order valence-corrected chi connectivity index (χ4v) is 2.72. The summed E-state index contributed by atoms with van der Waals surface area (Å²) < 4.78 is 10.7. The van der Waals surface area contributed by atoms with Gasteiger partial charge >= 0.3 is 0 Å². The number of rotatable bonds is 7. The van der Waals surface area contributed by atoms with Gasteiger partial charge in [0.15, 0.2) is 5.96 Å². The van der Waals surface area contributed by atoms with Crippen molar-refractivity contribution >= 4 is 29.9 Å². The highest BCUT2D eigenvalue weighted by Gasteiger charge is 2.14. The summed E-state index contributed by atoms with van der Waals surface area (Å²) in [4.78, 5) is 8.61. The lowest BCUT2D eigenvalue weighted by Gasteiger charge is -2.25. The molecule has 1 aromatic heterocycles. The van der Waals surface area contributed by atoms with Crippen molar-refractivity contribution in [3.8, 4) is 5.88 Å². The van der Waals surface area contributed by atoms with Crippen LogP contribution in [0.4, 0.5) is 0 Å². The molecule has 0 radical (unpaired) electrons. The van der Waals surface area contributed by atoms with Gasteiger partial charge in [0.2, 0.25) is 5.88 Å². The van der Waals surface area contributed by atoms with Gasteiger partial charge in [0.25, 0.3) is 0 Å².